The van der Waals surface area contributed by atoms with Crippen LogP contribution in [0, 0.1) is 5.92 Å². The van der Waals surface area contributed by atoms with Gasteiger partial charge in [-0.3, -0.25) is 4.79 Å². The van der Waals surface area contributed by atoms with Gasteiger partial charge in [-0.25, -0.2) is 4.79 Å². The smallest absolute Gasteiger partial charge is 0.315 e. The molecule has 0 fully saturated rings. The van der Waals surface area contributed by atoms with Crippen molar-refractivity contribution in [3.63, 3.8) is 0 Å². The van der Waals surface area contributed by atoms with Gasteiger partial charge in [0.2, 0.25) is 6.79 Å². The zero-order valence-corrected chi connectivity index (χ0v) is 17.8. The number of amides is 2. The maximum Gasteiger partial charge on any atom is 0.315 e. The number of thioether (sulfide) groups is 1. The van der Waals surface area contributed by atoms with Gasteiger partial charge in [-0.15, -0.1) is 11.8 Å². The van der Waals surface area contributed by atoms with Crippen LogP contribution in [0.15, 0.2) is 53.4 Å². The Morgan fingerprint density at radius 3 is 2.50 bits per heavy atom. The molecule has 0 aromatic heterocycles. The molecule has 7 nitrogen and oxygen atoms in total. The summed E-state index contributed by atoms with van der Waals surface area (Å²) in [5, 5.41) is 15.1. The summed E-state index contributed by atoms with van der Waals surface area (Å²) < 4.78 is 10.7. The number of carbonyl (C=O) groups is 2. The van der Waals surface area contributed by atoms with Crippen LogP contribution < -0.4 is 20.1 Å². The molecular weight excluding hydrogens is 404 g/mol. The molecule has 2 amide bonds. The van der Waals surface area contributed by atoms with Crippen LogP contribution in [0.25, 0.3) is 0 Å². The Morgan fingerprint density at radius 1 is 1.07 bits per heavy atom. The number of hydrogen-bond acceptors (Lipinski definition) is 5. The molecular formula is C22H26N2O5S. The van der Waals surface area contributed by atoms with Gasteiger partial charge in [0.1, 0.15) is 0 Å². The number of nitrogens with one attached hydrogen (secondary N) is 2. The molecule has 0 aliphatic carbocycles. The van der Waals surface area contributed by atoms with Crippen LogP contribution in [0.5, 0.6) is 11.5 Å². The van der Waals surface area contributed by atoms with E-state index in [0.29, 0.717) is 22.8 Å². The van der Waals surface area contributed by atoms with Gasteiger partial charge >= 0.3 is 12.0 Å². The van der Waals surface area contributed by atoms with Gasteiger partial charge in [0.25, 0.3) is 0 Å². The predicted octanol–water partition coefficient (Wildman–Crippen LogP) is 4.05. The van der Waals surface area contributed by atoms with Crippen LogP contribution in [0.4, 0.5) is 4.79 Å². The van der Waals surface area contributed by atoms with Crippen molar-refractivity contribution in [3.8, 4) is 11.5 Å². The number of carbonyl (C=O) groups excluding carboxylic acids is 1. The lowest BCUT2D eigenvalue weighted by atomic mass is 10.0. The predicted molar refractivity (Wildman–Crippen MR) is 115 cm³/mol. The van der Waals surface area contributed by atoms with Gasteiger partial charge in [-0.05, 0) is 35.7 Å². The molecule has 1 unspecified atom stereocenters. The third-order valence-corrected chi connectivity index (χ3v) is 5.91. The molecule has 160 valence electrons. The average molecular weight is 431 g/mol. The lowest BCUT2D eigenvalue weighted by Crippen LogP contribution is -2.47. The lowest BCUT2D eigenvalue weighted by molar-refractivity contribution is -0.137. The third-order valence-electron chi connectivity index (χ3n) is 4.78. The minimum absolute atomic E-state index is 0.0718. The SMILES string of the molecule is CC(C)[C@@H](CSc1ccccc1)NC(=O)NC(CC(=O)O)c1ccc2c(c1)OCO2. The summed E-state index contributed by atoms with van der Waals surface area (Å²) in [6.45, 7) is 4.22. The van der Waals surface area contributed by atoms with Crippen molar-refractivity contribution < 1.29 is 24.2 Å². The fourth-order valence-electron chi connectivity index (χ4n) is 3.03. The van der Waals surface area contributed by atoms with E-state index in [1.165, 1.54) is 0 Å². The van der Waals surface area contributed by atoms with Gasteiger partial charge in [0, 0.05) is 16.7 Å². The number of urea groups is 1. The number of ether oxygens (including phenoxy) is 2. The highest BCUT2D eigenvalue weighted by molar-refractivity contribution is 7.99. The molecule has 0 radical (unpaired) electrons. The van der Waals surface area contributed by atoms with Crippen molar-refractivity contribution in [2.24, 2.45) is 5.92 Å². The van der Waals surface area contributed by atoms with E-state index in [4.69, 9.17) is 9.47 Å². The second-order valence-corrected chi connectivity index (χ2v) is 8.45. The molecule has 2 aromatic carbocycles. The Morgan fingerprint density at radius 2 is 1.80 bits per heavy atom. The zero-order valence-electron chi connectivity index (χ0n) is 17.0. The van der Waals surface area contributed by atoms with Gasteiger partial charge in [0.05, 0.1) is 12.5 Å². The molecule has 1 aliphatic rings. The first-order valence-electron chi connectivity index (χ1n) is 9.78. The lowest BCUT2D eigenvalue weighted by Gasteiger charge is -2.25. The monoisotopic (exact) mass is 430 g/mol. The maximum atomic E-state index is 12.7. The summed E-state index contributed by atoms with van der Waals surface area (Å²) >= 11 is 1.67. The largest absolute Gasteiger partial charge is 0.481 e. The summed E-state index contributed by atoms with van der Waals surface area (Å²) in [4.78, 5) is 25.2. The van der Waals surface area contributed by atoms with Crippen molar-refractivity contribution in [3.05, 3.63) is 54.1 Å². The maximum absolute atomic E-state index is 12.7. The summed E-state index contributed by atoms with van der Waals surface area (Å²) in [6.07, 6.45) is -0.238. The first-order chi connectivity index (χ1) is 14.4. The van der Waals surface area contributed by atoms with E-state index >= 15 is 0 Å². The molecule has 0 bridgehead atoms. The highest BCUT2D eigenvalue weighted by atomic mass is 32.2. The first kappa shape index (κ1) is 21.8. The van der Waals surface area contributed by atoms with Crippen LogP contribution in [0.2, 0.25) is 0 Å². The standard InChI is InChI=1S/C22H26N2O5S/c1-14(2)18(12-30-16-6-4-3-5-7-16)24-22(27)23-17(11-21(25)26)15-8-9-19-20(10-15)29-13-28-19/h3-10,14,17-18H,11-13H2,1-2H3,(H,25,26)(H2,23,24,27)/t17?,18-/m1/s1. The number of benzene rings is 2. The number of aliphatic carboxylic acids is 1. The normalized spacial score (nSPS) is 14.2. The number of carboxylic acids is 1. The molecule has 3 N–H and O–H groups in total. The Kier molecular flexibility index (Phi) is 7.46. The number of rotatable bonds is 9. The zero-order chi connectivity index (χ0) is 21.5. The van der Waals surface area contributed by atoms with Crippen molar-refractivity contribution >= 4 is 23.8 Å². The minimum atomic E-state index is -1.00. The minimum Gasteiger partial charge on any atom is -0.481 e. The van der Waals surface area contributed by atoms with E-state index in [1.807, 2.05) is 44.2 Å². The van der Waals surface area contributed by atoms with Crippen LogP contribution >= 0.6 is 11.8 Å². The Bertz CT molecular complexity index is 875. The van der Waals surface area contributed by atoms with Crippen molar-refractivity contribution in [1.29, 1.82) is 0 Å². The number of carboxylic acid groups (broad SMARTS) is 1. The van der Waals surface area contributed by atoms with E-state index in [2.05, 4.69) is 10.6 Å². The van der Waals surface area contributed by atoms with Crippen molar-refractivity contribution in [1.82, 2.24) is 10.6 Å². The van der Waals surface area contributed by atoms with Gasteiger partial charge < -0.3 is 25.2 Å². The third kappa shape index (κ3) is 6.06. The molecule has 1 heterocycles. The van der Waals surface area contributed by atoms with Crippen LogP contribution in [0.3, 0.4) is 0 Å². The fourth-order valence-corrected chi connectivity index (χ4v) is 4.22. The highest BCUT2D eigenvalue weighted by Crippen LogP contribution is 2.34. The molecule has 30 heavy (non-hydrogen) atoms. The van der Waals surface area contributed by atoms with Gasteiger partial charge in [-0.2, -0.15) is 0 Å². The Balaban J connectivity index is 1.64. The van der Waals surface area contributed by atoms with E-state index < -0.39 is 18.0 Å². The van der Waals surface area contributed by atoms with Crippen molar-refractivity contribution in [2.75, 3.05) is 12.5 Å². The molecule has 1 aliphatic heterocycles. The number of hydrogen-bond donors (Lipinski definition) is 3. The van der Waals surface area contributed by atoms with Gasteiger partial charge in [-0.1, -0.05) is 38.1 Å². The quantitative estimate of drug-likeness (QED) is 0.520. The number of fused-ring (bicyclic) bond motifs is 1. The van der Waals surface area contributed by atoms with Gasteiger partial charge in [0.15, 0.2) is 11.5 Å². The molecule has 8 heteroatoms. The van der Waals surface area contributed by atoms with Crippen molar-refractivity contribution in [2.45, 2.75) is 37.2 Å². The fraction of sp³-hybridized carbons (Fsp3) is 0.364. The Labute approximate surface area is 180 Å². The second-order valence-electron chi connectivity index (χ2n) is 7.36. The molecule has 2 atom stereocenters. The topological polar surface area (TPSA) is 96.9 Å². The summed E-state index contributed by atoms with van der Waals surface area (Å²) in [5.41, 5.74) is 0.650. The second kappa shape index (κ2) is 10.2. The van der Waals surface area contributed by atoms with E-state index in [9.17, 15) is 14.7 Å². The molecule has 3 rings (SSSR count). The van der Waals surface area contributed by atoms with E-state index in [0.717, 1.165) is 4.90 Å². The van der Waals surface area contributed by atoms with Crippen LogP contribution in [-0.2, 0) is 4.79 Å². The molecule has 2 aromatic rings. The summed E-state index contributed by atoms with van der Waals surface area (Å²) in [5.74, 6) is 1.08. The highest BCUT2D eigenvalue weighted by Gasteiger charge is 2.23. The molecule has 0 saturated heterocycles. The first-order valence-corrected chi connectivity index (χ1v) is 10.8. The van der Waals surface area contributed by atoms with E-state index in [-0.39, 0.29) is 25.2 Å². The molecule has 0 spiro atoms. The van der Waals surface area contributed by atoms with E-state index in [1.54, 1.807) is 30.0 Å². The average Bonchev–Trinajstić information content (AvgIpc) is 3.18. The van der Waals surface area contributed by atoms with Crippen LogP contribution in [0.1, 0.15) is 31.9 Å². The molecule has 0 saturated carbocycles. The summed E-state index contributed by atoms with van der Waals surface area (Å²) in [6, 6.07) is 14.0. The van der Waals surface area contributed by atoms with Crippen LogP contribution in [-0.4, -0.2) is 35.7 Å². The summed E-state index contributed by atoms with van der Waals surface area (Å²) in [7, 11) is 0. The Hall–Kier alpha value is -2.87.